The molecule has 0 N–H and O–H groups in total. The Morgan fingerprint density at radius 3 is 2.02 bits per heavy atom. The van der Waals surface area contributed by atoms with E-state index in [0.717, 1.165) is 96.7 Å². The van der Waals surface area contributed by atoms with Gasteiger partial charge in [-0.1, -0.05) is 79.6 Å². The first kappa shape index (κ1) is 33.6. The Labute approximate surface area is 279 Å². The summed E-state index contributed by atoms with van der Waals surface area (Å²) in [5, 5.41) is 11.4. The van der Waals surface area contributed by atoms with Crippen LogP contribution in [0.1, 0.15) is 85.1 Å². The number of rotatable bonds is 7. The van der Waals surface area contributed by atoms with Crippen LogP contribution in [-0.2, 0) is 28.3 Å². The number of carbonyl (C=O) groups is 1. The second-order valence-electron chi connectivity index (χ2n) is 10.4. The molecular formula is C34H33FeN4NaO2. The molecule has 5 rings (SSSR count). The van der Waals surface area contributed by atoms with Gasteiger partial charge in [0, 0.05) is 11.5 Å². The standard InChI is InChI=1S/C34H35N4O2.Fe.Na/c1-8-11-24-20(6)27-14-26-18(4)22(9-2)30(35-26)15-28-19(5)23(10-3)31(36-28)16-29-21(7)25(12-13-34(39)40)33(38-29)17-32(24)37-27;;/h9-10,14-17H,2-3,8,11-13H2,1,4-7H3,(H2-,35,36,37,38,39,40);;/q-1;+2;+1/p-2. The van der Waals surface area contributed by atoms with Gasteiger partial charge in [0.05, 0.1) is 22.8 Å². The number of aliphatic carboxylic acids is 1. The number of aromatic nitrogens is 4. The van der Waals surface area contributed by atoms with E-state index in [0.29, 0.717) is 6.42 Å². The van der Waals surface area contributed by atoms with E-state index in [1.807, 2.05) is 50.3 Å². The predicted molar refractivity (Wildman–Crippen MR) is 162 cm³/mol. The summed E-state index contributed by atoms with van der Waals surface area (Å²) in [6.07, 6.45) is 5.75. The van der Waals surface area contributed by atoms with Crippen molar-refractivity contribution in [2.24, 2.45) is 0 Å². The van der Waals surface area contributed by atoms with Crippen LogP contribution in [0.25, 0.3) is 50.4 Å². The molecule has 0 atom stereocenters. The second kappa shape index (κ2) is 13.6. The van der Waals surface area contributed by atoms with E-state index in [1.165, 1.54) is 5.56 Å². The molecule has 0 aliphatic carbocycles. The molecule has 0 fully saturated rings. The molecule has 8 bridgehead atoms. The van der Waals surface area contributed by atoms with Crippen molar-refractivity contribution in [3.63, 3.8) is 0 Å². The summed E-state index contributed by atoms with van der Waals surface area (Å²) in [6, 6.07) is 8.01. The zero-order valence-corrected chi connectivity index (χ0v) is 28.3. The molecule has 0 saturated heterocycles. The first-order valence-corrected chi connectivity index (χ1v) is 13.7. The quantitative estimate of drug-likeness (QED) is 0.382. The van der Waals surface area contributed by atoms with Gasteiger partial charge in [-0.3, -0.25) is 0 Å². The summed E-state index contributed by atoms with van der Waals surface area (Å²) >= 11 is 0. The maximum absolute atomic E-state index is 11.4. The Balaban J connectivity index is 0.00000242. The SMILES string of the molecule is C=CC1=C(C)c2cc3[n-]c(cc4nc(cc5[n-]c(cc1n2)c(C)c5C=C)C(C)=C4CCC(=O)[O-])c(CCC)c3C.[Fe+2].[Na+]. The van der Waals surface area contributed by atoms with Crippen molar-refractivity contribution in [1.29, 1.82) is 0 Å². The van der Waals surface area contributed by atoms with Crippen LogP contribution >= 0.6 is 0 Å². The summed E-state index contributed by atoms with van der Waals surface area (Å²) in [4.78, 5) is 31.4. The number of hydrogen-bond acceptors (Lipinski definition) is 4. The third kappa shape index (κ3) is 6.08. The van der Waals surface area contributed by atoms with E-state index < -0.39 is 5.97 Å². The summed E-state index contributed by atoms with van der Waals surface area (Å²) < 4.78 is 0. The molecule has 3 aromatic heterocycles. The predicted octanol–water partition coefficient (Wildman–Crippen LogP) is 3.36. The molecule has 0 spiro atoms. The summed E-state index contributed by atoms with van der Waals surface area (Å²) in [6.45, 7) is 18.4. The van der Waals surface area contributed by atoms with Crippen molar-refractivity contribution < 1.29 is 56.5 Å². The number of fused-ring (bicyclic) bond motifs is 8. The molecule has 42 heavy (non-hydrogen) atoms. The third-order valence-corrected chi connectivity index (χ3v) is 7.97. The minimum atomic E-state index is -1.08. The molecule has 8 heteroatoms. The van der Waals surface area contributed by atoms with Crippen molar-refractivity contribution in [3.05, 3.63) is 88.5 Å². The maximum Gasteiger partial charge on any atom is 2.00 e. The fourth-order valence-corrected chi connectivity index (χ4v) is 5.63. The smallest absolute Gasteiger partial charge is 0.657 e. The minimum absolute atomic E-state index is 0. The average molecular weight is 608 g/mol. The van der Waals surface area contributed by atoms with Crippen LogP contribution in [0.3, 0.4) is 0 Å². The summed E-state index contributed by atoms with van der Waals surface area (Å²) in [7, 11) is 0. The van der Waals surface area contributed by atoms with Crippen LogP contribution in [0.4, 0.5) is 0 Å². The number of allylic oxidation sites excluding steroid dienone is 5. The average Bonchev–Trinajstić information content (AvgIpc) is 3.57. The van der Waals surface area contributed by atoms with Gasteiger partial charge in [0.2, 0.25) is 0 Å². The fourth-order valence-electron chi connectivity index (χ4n) is 5.63. The number of carboxylic acid groups (broad SMARTS) is 1. The van der Waals surface area contributed by atoms with Gasteiger partial charge in [0.1, 0.15) is 0 Å². The van der Waals surface area contributed by atoms with Gasteiger partial charge < -0.3 is 19.9 Å². The van der Waals surface area contributed by atoms with Gasteiger partial charge in [-0.25, -0.2) is 9.97 Å². The molecule has 2 aliphatic rings. The van der Waals surface area contributed by atoms with E-state index in [-0.39, 0.29) is 53.0 Å². The van der Waals surface area contributed by atoms with E-state index in [4.69, 9.17) is 19.9 Å². The normalized spacial score (nSPS) is 12.6. The largest absolute Gasteiger partial charge is 2.00 e. The number of nitrogens with zero attached hydrogens (tertiary/aromatic N) is 4. The molecule has 2 aliphatic heterocycles. The van der Waals surface area contributed by atoms with Crippen LogP contribution in [0.15, 0.2) is 43.5 Å². The molecular weight excluding hydrogens is 575 g/mol. The van der Waals surface area contributed by atoms with Crippen LogP contribution in [0.2, 0.25) is 0 Å². The summed E-state index contributed by atoms with van der Waals surface area (Å²) in [5.41, 5.74) is 14.5. The minimum Gasteiger partial charge on any atom is -0.657 e. The van der Waals surface area contributed by atoms with Gasteiger partial charge in [-0.2, -0.15) is 0 Å². The Hall–Kier alpha value is -2.93. The van der Waals surface area contributed by atoms with Crippen molar-refractivity contribution in [3.8, 4) is 0 Å². The van der Waals surface area contributed by atoms with E-state index in [1.54, 1.807) is 0 Å². The summed E-state index contributed by atoms with van der Waals surface area (Å²) in [5.74, 6) is -1.08. The maximum atomic E-state index is 11.4. The zero-order valence-electron chi connectivity index (χ0n) is 25.2. The van der Waals surface area contributed by atoms with E-state index >= 15 is 0 Å². The molecule has 0 saturated carbocycles. The first-order valence-electron chi connectivity index (χ1n) is 13.7. The van der Waals surface area contributed by atoms with Crippen LogP contribution in [0.5, 0.6) is 0 Å². The van der Waals surface area contributed by atoms with Crippen molar-refractivity contribution in [2.45, 2.75) is 60.3 Å². The topological polar surface area (TPSA) is 94.1 Å². The van der Waals surface area contributed by atoms with Crippen molar-refractivity contribution in [1.82, 2.24) is 19.9 Å². The Morgan fingerprint density at radius 1 is 0.810 bits per heavy atom. The molecule has 0 radical (unpaired) electrons. The Morgan fingerprint density at radius 2 is 1.38 bits per heavy atom. The zero-order chi connectivity index (χ0) is 28.7. The van der Waals surface area contributed by atoms with Crippen LogP contribution in [0, 0.1) is 13.8 Å². The van der Waals surface area contributed by atoms with Crippen molar-refractivity contribution in [2.75, 3.05) is 0 Å². The van der Waals surface area contributed by atoms with Gasteiger partial charge in [-0.05, 0) is 69.2 Å². The van der Waals surface area contributed by atoms with Gasteiger partial charge in [0.15, 0.2) is 0 Å². The molecule has 6 nitrogen and oxygen atoms in total. The van der Waals surface area contributed by atoms with Crippen LogP contribution in [-0.4, -0.2) is 15.9 Å². The molecule has 3 aromatic rings. The number of carbonyl (C=O) groups excluding carboxylic acids is 1. The van der Waals surface area contributed by atoms with Crippen molar-refractivity contribution >= 4 is 56.4 Å². The fraction of sp³-hybridized carbons (Fsp3) is 0.265. The number of carboxylic acids is 1. The Bertz CT molecular complexity index is 1820. The van der Waals surface area contributed by atoms with E-state index in [2.05, 4.69) is 33.9 Å². The molecule has 5 heterocycles. The molecule has 0 unspecified atom stereocenters. The first-order chi connectivity index (χ1) is 19.2. The second-order valence-corrected chi connectivity index (χ2v) is 10.4. The monoisotopic (exact) mass is 608 g/mol. The number of hydrogen-bond donors (Lipinski definition) is 0. The molecule has 0 aromatic carbocycles. The third-order valence-electron chi connectivity index (χ3n) is 7.97. The Kier molecular flexibility index (Phi) is 10.9. The van der Waals surface area contributed by atoms with Crippen LogP contribution < -0.4 is 44.6 Å². The van der Waals surface area contributed by atoms with Gasteiger partial charge in [0.25, 0.3) is 0 Å². The number of aryl methyl sites for hydroxylation is 3. The van der Waals surface area contributed by atoms with Gasteiger partial charge >= 0.3 is 46.6 Å². The van der Waals surface area contributed by atoms with E-state index in [9.17, 15) is 9.90 Å². The molecule has 210 valence electrons. The van der Waals surface area contributed by atoms with Gasteiger partial charge in [-0.15, -0.1) is 22.1 Å². The molecule has 0 amide bonds.